The number of thiophene rings is 1. The topological polar surface area (TPSA) is 59.2 Å². The van der Waals surface area contributed by atoms with Crippen molar-refractivity contribution in [3.8, 4) is 0 Å². The highest BCUT2D eigenvalue weighted by Gasteiger charge is 2.34. The van der Waals surface area contributed by atoms with Gasteiger partial charge in [0.05, 0.1) is 6.42 Å². The van der Waals surface area contributed by atoms with Crippen molar-refractivity contribution in [3.05, 3.63) is 34.1 Å². The molecule has 6 heteroatoms. The molecule has 122 valence electrons. The molecule has 2 aromatic heterocycles. The Hall–Kier alpha value is -1.69. The van der Waals surface area contributed by atoms with Gasteiger partial charge in [-0.1, -0.05) is 24.1 Å². The predicted octanol–water partition coefficient (Wildman–Crippen LogP) is 3.69. The molecule has 0 aromatic carbocycles. The van der Waals surface area contributed by atoms with Gasteiger partial charge in [-0.25, -0.2) is 0 Å². The molecule has 1 amide bonds. The van der Waals surface area contributed by atoms with Crippen molar-refractivity contribution >= 4 is 17.2 Å². The van der Waals surface area contributed by atoms with E-state index in [9.17, 15) is 4.79 Å². The Morgan fingerprint density at radius 2 is 2.22 bits per heavy atom. The maximum absolute atomic E-state index is 12.8. The highest BCUT2D eigenvalue weighted by Crippen LogP contribution is 2.39. The van der Waals surface area contributed by atoms with Gasteiger partial charge in [0.2, 0.25) is 11.8 Å². The maximum Gasteiger partial charge on any atom is 0.249 e. The first-order valence-electron chi connectivity index (χ1n) is 8.46. The first-order valence-corrected chi connectivity index (χ1v) is 9.34. The second-order valence-corrected chi connectivity index (χ2v) is 7.51. The largest absolute Gasteiger partial charge is 0.337 e. The summed E-state index contributed by atoms with van der Waals surface area (Å²) in [6, 6.07) is 3.96. The molecule has 2 aliphatic rings. The number of nitrogens with zero attached hydrogens (tertiary/aromatic N) is 3. The fraction of sp³-hybridized carbons (Fsp3) is 0.588. The first kappa shape index (κ1) is 14.9. The molecule has 1 saturated carbocycles. The van der Waals surface area contributed by atoms with Gasteiger partial charge >= 0.3 is 0 Å². The SMILES string of the molecule is O=C(Cc1cccs1)N1CCCCCC1c1nc(C2CC2)no1. The third-order valence-electron chi connectivity index (χ3n) is 4.66. The van der Waals surface area contributed by atoms with Crippen LogP contribution in [0, 0.1) is 0 Å². The van der Waals surface area contributed by atoms with Crippen molar-refractivity contribution in [2.24, 2.45) is 0 Å². The van der Waals surface area contributed by atoms with Crippen molar-refractivity contribution in [1.29, 1.82) is 0 Å². The van der Waals surface area contributed by atoms with Gasteiger partial charge in [-0.15, -0.1) is 11.3 Å². The minimum absolute atomic E-state index is 0.0510. The minimum atomic E-state index is -0.0510. The third kappa shape index (κ3) is 3.32. The van der Waals surface area contributed by atoms with E-state index in [0.29, 0.717) is 18.2 Å². The van der Waals surface area contributed by atoms with E-state index < -0.39 is 0 Å². The van der Waals surface area contributed by atoms with Gasteiger partial charge in [-0.3, -0.25) is 4.79 Å². The molecule has 0 bridgehead atoms. The lowest BCUT2D eigenvalue weighted by atomic mass is 10.1. The average molecular weight is 331 g/mol. The molecule has 1 aliphatic heterocycles. The lowest BCUT2D eigenvalue weighted by Gasteiger charge is -2.27. The molecule has 23 heavy (non-hydrogen) atoms. The third-order valence-corrected chi connectivity index (χ3v) is 5.54. The van der Waals surface area contributed by atoms with Crippen LogP contribution < -0.4 is 0 Å². The molecule has 0 N–H and O–H groups in total. The summed E-state index contributed by atoms with van der Waals surface area (Å²) in [5.41, 5.74) is 0. The Morgan fingerprint density at radius 1 is 1.30 bits per heavy atom. The standard InChI is InChI=1S/C17H21N3O2S/c21-15(11-13-5-4-10-23-13)20-9-3-1-2-6-14(20)17-18-16(19-22-17)12-7-8-12/h4-5,10,12,14H,1-3,6-9,11H2. The van der Waals surface area contributed by atoms with Crippen molar-refractivity contribution in [1.82, 2.24) is 15.0 Å². The summed E-state index contributed by atoms with van der Waals surface area (Å²) in [6.07, 6.45) is 7.02. The molecule has 2 aromatic rings. The lowest BCUT2D eigenvalue weighted by molar-refractivity contribution is -0.133. The number of likely N-dealkylation sites (tertiary alicyclic amines) is 1. The smallest absolute Gasteiger partial charge is 0.249 e. The summed E-state index contributed by atoms with van der Waals surface area (Å²) < 4.78 is 5.52. The second-order valence-electron chi connectivity index (χ2n) is 6.47. The Kier molecular flexibility index (Phi) is 4.16. The number of carbonyl (C=O) groups excluding carboxylic acids is 1. The molecule has 4 rings (SSSR count). The Balaban J connectivity index is 1.54. The van der Waals surface area contributed by atoms with Gasteiger partial charge in [-0.05, 0) is 37.1 Å². The normalized spacial score (nSPS) is 22.1. The van der Waals surface area contributed by atoms with E-state index in [-0.39, 0.29) is 11.9 Å². The van der Waals surface area contributed by atoms with E-state index in [1.54, 1.807) is 11.3 Å². The minimum Gasteiger partial charge on any atom is -0.337 e. The summed E-state index contributed by atoms with van der Waals surface area (Å²) in [6.45, 7) is 0.788. The van der Waals surface area contributed by atoms with Gasteiger partial charge in [0.25, 0.3) is 0 Å². The van der Waals surface area contributed by atoms with Crippen LogP contribution in [0.15, 0.2) is 22.0 Å². The van der Waals surface area contributed by atoms with Crippen molar-refractivity contribution in [2.75, 3.05) is 6.54 Å². The van der Waals surface area contributed by atoms with Gasteiger partial charge in [-0.2, -0.15) is 4.98 Å². The molecular weight excluding hydrogens is 310 g/mol. The van der Waals surface area contributed by atoms with Gasteiger partial charge in [0.15, 0.2) is 5.82 Å². The zero-order valence-corrected chi connectivity index (χ0v) is 13.9. The van der Waals surface area contributed by atoms with Crippen LogP contribution in [-0.2, 0) is 11.2 Å². The zero-order valence-electron chi connectivity index (χ0n) is 13.1. The van der Waals surface area contributed by atoms with Crippen LogP contribution in [0.4, 0.5) is 0 Å². The molecule has 3 heterocycles. The second kappa shape index (κ2) is 6.43. The fourth-order valence-electron chi connectivity index (χ4n) is 3.22. The van der Waals surface area contributed by atoms with Crippen LogP contribution in [0.3, 0.4) is 0 Å². The Morgan fingerprint density at radius 3 is 3.00 bits per heavy atom. The summed E-state index contributed by atoms with van der Waals surface area (Å²) in [7, 11) is 0. The van der Waals surface area contributed by atoms with Crippen LogP contribution in [0.5, 0.6) is 0 Å². The fourth-order valence-corrected chi connectivity index (χ4v) is 3.91. The van der Waals surface area contributed by atoms with Gasteiger partial charge in [0.1, 0.15) is 6.04 Å². The first-order chi connectivity index (χ1) is 11.3. The van der Waals surface area contributed by atoms with E-state index in [1.807, 2.05) is 22.4 Å². The molecule has 1 atom stereocenters. The lowest BCUT2D eigenvalue weighted by Crippen LogP contribution is -2.36. The van der Waals surface area contributed by atoms with E-state index in [1.165, 1.54) is 0 Å². The number of hydrogen-bond donors (Lipinski definition) is 0. The average Bonchev–Trinajstić information content (AvgIpc) is 3.17. The van der Waals surface area contributed by atoms with E-state index >= 15 is 0 Å². The Bertz CT molecular complexity index is 663. The van der Waals surface area contributed by atoms with Crippen LogP contribution in [0.1, 0.15) is 67.1 Å². The quantitative estimate of drug-likeness (QED) is 0.857. The number of carbonyl (C=O) groups is 1. The van der Waals surface area contributed by atoms with Crippen LogP contribution >= 0.6 is 11.3 Å². The van der Waals surface area contributed by atoms with Crippen LogP contribution in [0.2, 0.25) is 0 Å². The van der Waals surface area contributed by atoms with Crippen LogP contribution in [-0.4, -0.2) is 27.5 Å². The van der Waals surface area contributed by atoms with Gasteiger partial charge in [0, 0.05) is 17.3 Å². The summed E-state index contributed by atoms with van der Waals surface area (Å²) in [5.74, 6) is 2.11. The summed E-state index contributed by atoms with van der Waals surface area (Å²) >= 11 is 1.63. The van der Waals surface area contributed by atoms with E-state index in [0.717, 1.165) is 55.8 Å². The number of hydrogen-bond acceptors (Lipinski definition) is 5. The molecule has 1 saturated heterocycles. The highest BCUT2D eigenvalue weighted by atomic mass is 32.1. The number of amides is 1. The molecule has 2 fully saturated rings. The zero-order chi connectivity index (χ0) is 15.6. The van der Waals surface area contributed by atoms with Gasteiger partial charge < -0.3 is 9.42 Å². The molecule has 0 spiro atoms. The monoisotopic (exact) mass is 331 g/mol. The maximum atomic E-state index is 12.8. The van der Waals surface area contributed by atoms with E-state index in [4.69, 9.17) is 4.52 Å². The van der Waals surface area contributed by atoms with E-state index in [2.05, 4.69) is 10.1 Å². The van der Waals surface area contributed by atoms with Crippen molar-refractivity contribution < 1.29 is 9.32 Å². The van der Waals surface area contributed by atoms with Crippen molar-refractivity contribution in [2.45, 2.75) is 56.9 Å². The van der Waals surface area contributed by atoms with Crippen LogP contribution in [0.25, 0.3) is 0 Å². The molecule has 5 nitrogen and oxygen atoms in total. The highest BCUT2D eigenvalue weighted by molar-refractivity contribution is 7.10. The molecular formula is C17H21N3O2S. The Labute approximate surface area is 139 Å². The van der Waals surface area contributed by atoms with Crippen molar-refractivity contribution in [3.63, 3.8) is 0 Å². The number of aromatic nitrogens is 2. The number of rotatable bonds is 4. The summed E-state index contributed by atoms with van der Waals surface area (Å²) in [5, 5.41) is 6.15. The molecule has 1 aliphatic carbocycles. The predicted molar refractivity (Wildman–Crippen MR) is 87.2 cm³/mol. The molecule has 1 unspecified atom stereocenters. The molecule has 0 radical (unpaired) electrons. The summed E-state index contributed by atoms with van der Waals surface area (Å²) in [4.78, 5) is 20.5.